The number of pyridine rings is 2. The molecule has 186 valence electrons. The summed E-state index contributed by atoms with van der Waals surface area (Å²) in [5.74, 6) is -0.708. The van der Waals surface area contributed by atoms with Crippen LogP contribution in [0.4, 0.5) is 16.0 Å². The summed E-state index contributed by atoms with van der Waals surface area (Å²) in [6.45, 7) is 6.70. The minimum absolute atomic E-state index is 0.115. The number of halogens is 2. The van der Waals surface area contributed by atoms with Gasteiger partial charge in [-0.2, -0.15) is 5.10 Å². The van der Waals surface area contributed by atoms with Crippen LogP contribution in [0.1, 0.15) is 53.0 Å². The lowest BCUT2D eigenvalue weighted by atomic mass is 9.94. The fourth-order valence-electron chi connectivity index (χ4n) is 4.74. The lowest BCUT2D eigenvalue weighted by Crippen LogP contribution is -2.53. The number of aryl methyl sites for hydroxylation is 1. The predicted octanol–water partition coefficient (Wildman–Crippen LogP) is 4.79. The SMILES string of the molecule is Cc1ccnc(NC(=O)c2ccc([C@@H](C)c3nn(C4CN(C)[C@@H]4C)c4c(Cl)cnc(N)c34)c(F)c2)c1. The molecule has 0 radical (unpaired) electrons. The van der Waals surface area contributed by atoms with Crippen LogP contribution in [0.2, 0.25) is 5.02 Å². The Labute approximate surface area is 213 Å². The number of rotatable bonds is 5. The summed E-state index contributed by atoms with van der Waals surface area (Å²) in [7, 11) is 2.05. The third-order valence-electron chi connectivity index (χ3n) is 7.07. The van der Waals surface area contributed by atoms with E-state index in [2.05, 4.69) is 34.2 Å². The molecule has 4 aromatic rings. The number of nitrogen functional groups attached to an aromatic ring is 1. The van der Waals surface area contributed by atoms with Crippen LogP contribution in [0.5, 0.6) is 0 Å². The number of benzene rings is 1. The molecule has 1 aliphatic rings. The monoisotopic (exact) mass is 507 g/mol. The number of anilines is 2. The van der Waals surface area contributed by atoms with E-state index in [1.165, 1.54) is 12.3 Å². The van der Waals surface area contributed by atoms with Crippen molar-refractivity contribution in [2.45, 2.75) is 38.8 Å². The number of aromatic nitrogens is 4. The highest BCUT2D eigenvalue weighted by molar-refractivity contribution is 6.35. The van der Waals surface area contributed by atoms with E-state index in [0.29, 0.717) is 38.8 Å². The molecule has 1 amide bonds. The zero-order valence-electron chi connectivity index (χ0n) is 20.5. The Morgan fingerprint density at radius 2 is 2.06 bits per heavy atom. The summed E-state index contributed by atoms with van der Waals surface area (Å²) in [5.41, 5.74) is 9.12. The Balaban J connectivity index is 1.50. The second kappa shape index (κ2) is 9.15. The summed E-state index contributed by atoms with van der Waals surface area (Å²) >= 11 is 6.55. The van der Waals surface area contributed by atoms with Gasteiger partial charge in [-0.15, -0.1) is 0 Å². The van der Waals surface area contributed by atoms with Gasteiger partial charge in [0.25, 0.3) is 5.91 Å². The molecule has 10 heteroatoms. The number of likely N-dealkylation sites (N-methyl/N-ethyl adjacent to an activating group) is 1. The van der Waals surface area contributed by atoms with Crippen molar-refractivity contribution >= 4 is 40.0 Å². The largest absolute Gasteiger partial charge is 0.383 e. The van der Waals surface area contributed by atoms with Crippen LogP contribution < -0.4 is 11.1 Å². The van der Waals surface area contributed by atoms with Gasteiger partial charge in [0.1, 0.15) is 17.5 Å². The second-order valence-corrected chi connectivity index (χ2v) is 9.83. The lowest BCUT2D eigenvalue weighted by Gasteiger charge is -2.44. The summed E-state index contributed by atoms with van der Waals surface area (Å²) in [6.07, 6.45) is 3.13. The van der Waals surface area contributed by atoms with Crippen LogP contribution in [0, 0.1) is 12.7 Å². The molecule has 1 unspecified atom stereocenters. The van der Waals surface area contributed by atoms with Gasteiger partial charge in [-0.05, 0) is 56.3 Å². The summed E-state index contributed by atoms with van der Waals surface area (Å²) < 4.78 is 17.3. The van der Waals surface area contributed by atoms with Crippen molar-refractivity contribution in [1.82, 2.24) is 24.6 Å². The van der Waals surface area contributed by atoms with Gasteiger partial charge in [-0.25, -0.2) is 14.4 Å². The van der Waals surface area contributed by atoms with Crippen LogP contribution in [0.25, 0.3) is 10.9 Å². The first-order valence-corrected chi connectivity index (χ1v) is 12.1. The van der Waals surface area contributed by atoms with Crippen molar-refractivity contribution in [3.63, 3.8) is 0 Å². The highest BCUT2D eigenvalue weighted by Gasteiger charge is 2.37. The Kier molecular flexibility index (Phi) is 6.13. The molecule has 1 saturated heterocycles. The molecule has 36 heavy (non-hydrogen) atoms. The van der Waals surface area contributed by atoms with Gasteiger partial charge in [0.15, 0.2) is 0 Å². The first kappa shape index (κ1) is 24.1. The first-order chi connectivity index (χ1) is 17.2. The van der Waals surface area contributed by atoms with Gasteiger partial charge in [0, 0.05) is 30.3 Å². The number of nitrogens with zero attached hydrogens (tertiary/aromatic N) is 5. The molecular formula is C26H27ClFN7O. The molecule has 1 aromatic carbocycles. The molecule has 5 rings (SSSR count). The van der Waals surface area contributed by atoms with Gasteiger partial charge in [0.2, 0.25) is 0 Å². The normalized spacial score (nSPS) is 18.7. The van der Waals surface area contributed by atoms with Crippen LogP contribution in [-0.2, 0) is 0 Å². The molecule has 1 aliphatic heterocycles. The molecular weight excluding hydrogens is 481 g/mol. The van der Waals surface area contributed by atoms with Crippen molar-refractivity contribution in [3.8, 4) is 0 Å². The number of nitrogens with one attached hydrogen (secondary N) is 1. The fourth-order valence-corrected chi connectivity index (χ4v) is 4.97. The van der Waals surface area contributed by atoms with Crippen molar-refractivity contribution in [1.29, 1.82) is 0 Å². The number of likely N-dealkylation sites (tertiary alicyclic amines) is 1. The smallest absolute Gasteiger partial charge is 0.256 e. The van der Waals surface area contributed by atoms with Crippen LogP contribution in [-0.4, -0.2) is 50.2 Å². The minimum atomic E-state index is -0.514. The third kappa shape index (κ3) is 4.08. The number of amides is 1. The van der Waals surface area contributed by atoms with Gasteiger partial charge in [-0.3, -0.25) is 14.4 Å². The molecule has 1 fully saturated rings. The average Bonchev–Trinajstić information content (AvgIpc) is 3.25. The van der Waals surface area contributed by atoms with Crippen LogP contribution in [0.15, 0.2) is 42.7 Å². The standard InChI is InChI=1S/C26H27ClFN7O/c1-13-7-8-30-21(9-13)32-26(36)16-5-6-17(19(28)10-16)14(2)23-22-24(18(27)11-31-25(22)29)35(33-23)20-12-34(4)15(20)3/h5-11,14-15,20H,12H2,1-4H3,(H2,29,31)(H,30,32,36)/t14-,15-,20?/m1/s1. The van der Waals surface area contributed by atoms with E-state index in [1.807, 2.05) is 24.6 Å². The molecule has 0 spiro atoms. The van der Waals surface area contributed by atoms with E-state index in [4.69, 9.17) is 22.4 Å². The van der Waals surface area contributed by atoms with Gasteiger partial charge in [0.05, 0.1) is 33.9 Å². The number of fused-ring (bicyclic) bond motifs is 1. The molecule has 3 N–H and O–H groups in total. The Morgan fingerprint density at radius 1 is 1.28 bits per heavy atom. The third-order valence-corrected chi connectivity index (χ3v) is 7.35. The van der Waals surface area contributed by atoms with E-state index < -0.39 is 17.6 Å². The van der Waals surface area contributed by atoms with Crippen molar-refractivity contribution in [2.24, 2.45) is 0 Å². The maximum absolute atomic E-state index is 15.4. The maximum atomic E-state index is 15.4. The summed E-state index contributed by atoms with van der Waals surface area (Å²) in [4.78, 5) is 23.3. The van der Waals surface area contributed by atoms with Gasteiger partial charge >= 0.3 is 0 Å². The maximum Gasteiger partial charge on any atom is 0.256 e. The Morgan fingerprint density at radius 3 is 2.72 bits per heavy atom. The van der Waals surface area contributed by atoms with Gasteiger partial charge in [-0.1, -0.05) is 24.6 Å². The van der Waals surface area contributed by atoms with E-state index in [1.54, 1.807) is 24.4 Å². The van der Waals surface area contributed by atoms with Gasteiger partial charge < -0.3 is 11.1 Å². The Hall–Kier alpha value is -3.56. The number of carbonyl (C=O) groups excluding carboxylic acids is 1. The fraction of sp³-hybridized carbons (Fsp3) is 0.308. The molecule has 3 aromatic heterocycles. The predicted molar refractivity (Wildman–Crippen MR) is 139 cm³/mol. The second-order valence-electron chi connectivity index (χ2n) is 9.42. The molecule has 0 bridgehead atoms. The molecule has 0 saturated carbocycles. The highest BCUT2D eigenvalue weighted by Crippen LogP contribution is 2.40. The zero-order chi connectivity index (χ0) is 25.7. The number of nitrogens with two attached hydrogens (primary N) is 1. The first-order valence-electron chi connectivity index (χ1n) is 11.7. The van der Waals surface area contributed by atoms with E-state index in [0.717, 1.165) is 12.1 Å². The van der Waals surface area contributed by atoms with Crippen molar-refractivity contribution in [2.75, 3.05) is 24.6 Å². The van der Waals surface area contributed by atoms with Crippen molar-refractivity contribution in [3.05, 3.63) is 75.9 Å². The van der Waals surface area contributed by atoms with E-state index in [-0.39, 0.29) is 17.6 Å². The number of carbonyl (C=O) groups is 1. The highest BCUT2D eigenvalue weighted by atomic mass is 35.5. The summed E-state index contributed by atoms with van der Waals surface area (Å²) in [5, 5.41) is 8.67. The molecule has 0 aliphatic carbocycles. The molecule has 4 heterocycles. The lowest BCUT2D eigenvalue weighted by molar-refractivity contribution is 0.0579. The number of hydrogen-bond acceptors (Lipinski definition) is 6. The topological polar surface area (TPSA) is 102 Å². The molecule has 3 atom stereocenters. The van der Waals surface area contributed by atoms with Crippen LogP contribution in [0.3, 0.4) is 0 Å². The quantitative estimate of drug-likeness (QED) is 0.403. The van der Waals surface area contributed by atoms with E-state index in [9.17, 15) is 4.79 Å². The van der Waals surface area contributed by atoms with Crippen molar-refractivity contribution < 1.29 is 9.18 Å². The number of hydrogen-bond donors (Lipinski definition) is 2. The zero-order valence-corrected chi connectivity index (χ0v) is 21.2. The van der Waals surface area contributed by atoms with E-state index >= 15 is 4.39 Å². The summed E-state index contributed by atoms with van der Waals surface area (Å²) in [6, 6.07) is 8.39. The van der Waals surface area contributed by atoms with Crippen LogP contribution >= 0.6 is 11.6 Å². The average molecular weight is 508 g/mol. The molecule has 8 nitrogen and oxygen atoms in total. The minimum Gasteiger partial charge on any atom is -0.383 e. The Bertz CT molecular complexity index is 1490.